The van der Waals surface area contributed by atoms with Crippen LogP contribution in [0.25, 0.3) is 0 Å². The topological polar surface area (TPSA) is 26.0 Å². The van der Waals surface area contributed by atoms with Gasteiger partial charge in [-0.2, -0.15) is 11.8 Å². The Morgan fingerprint density at radius 1 is 1.13 bits per heavy atom. The van der Waals surface area contributed by atoms with Gasteiger partial charge in [-0.3, -0.25) is 0 Å². The number of thioether (sulfide) groups is 1. The molecule has 2 heteroatoms. The zero-order valence-electron chi connectivity index (χ0n) is 9.86. The summed E-state index contributed by atoms with van der Waals surface area (Å²) in [5.74, 6) is 1.96. The third-order valence-electron chi connectivity index (χ3n) is 2.69. The lowest BCUT2D eigenvalue weighted by atomic mass is 10.1. The zero-order chi connectivity index (χ0) is 11.3. The normalized spacial score (nSPS) is 13.1. The van der Waals surface area contributed by atoms with Crippen LogP contribution in [0.3, 0.4) is 0 Å². The van der Waals surface area contributed by atoms with Gasteiger partial charge in [0, 0.05) is 10.9 Å². The van der Waals surface area contributed by atoms with E-state index in [0.717, 1.165) is 23.3 Å². The van der Waals surface area contributed by atoms with Crippen molar-refractivity contribution in [3.63, 3.8) is 0 Å². The van der Waals surface area contributed by atoms with Crippen molar-refractivity contribution < 1.29 is 0 Å². The number of hydrogen-bond donors (Lipinski definition) is 1. The summed E-state index contributed by atoms with van der Waals surface area (Å²) < 4.78 is 0. The molecule has 0 aliphatic carbocycles. The van der Waals surface area contributed by atoms with E-state index in [9.17, 15) is 0 Å². The molecule has 1 rings (SSSR count). The fraction of sp³-hybridized carbons (Fsp3) is 0.538. The molecule has 0 fully saturated rings. The Bertz CT molecular complexity index is 279. The van der Waals surface area contributed by atoms with Gasteiger partial charge in [0.25, 0.3) is 0 Å². The fourth-order valence-corrected chi connectivity index (χ4v) is 2.35. The maximum atomic E-state index is 5.64. The molecule has 2 N–H and O–H groups in total. The lowest BCUT2D eigenvalue weighted by Gasteiger charge is -2.14. The van der Waals surface area contributed by atoms with E-state index >= 15 is 0 Å². The summed E-state index contributed by atoms with van der Waals surface area (Å²) in [6, 6.07) is 8.20. The van der Waals surface area contributed by atoms with Crippen LogP contribution in [0.1, 0.15) is 26.3 Å². The van der Waals surface area contributed by atoms with Gasteiger partial charge in [0.15, 0.2) is 0 Å². The van der Waals surface area contributed by atoms with Gasteiger partial charge in [0.1, 0.15) is 0 Å². The average Bonchev–Trinajstić information content (AvgIpc) is 2.20. The van der Waals surface area contributed by atoms with Crippen LogP contribution in [0.4, 0.5) is 5.69 Å². The molecule has 0 bridgehead atoms. The Balaban J connectivity index is 2.29. The minimum absolute atomic E-state index is 0.749. The van der Waals surface area contributed by atoms with E-state index in [2.05, 4.69) is 44.7 Å². The zero-order valence-corrected chi connectivity index (χ0v) is 10.7. The summed E-state index contributed by atoms with van der Waals surface area (Å²) in [7, 11) is 0. The van der Waals surface area contributed by atoms with E-state index in [-0.39, 0.29) is 0 Å². The van der Waals surface area contributed by atoms with E-state index in [1.54, 1.807) is 0 Å². The van der Waals surface area contributed by atoms with Crippen molar-refractivity contribution in [1.82, 2.24) is 0 Å². The second-order valence-electron chi connectivity index (χ2n) is 4.31. The van der Waals surface area contributed by atoms with Crippen molar-refractivity contribution in [2.45, 2.75) is 32.4 Å². The van der Waals surface area contributed by atoms with Crippen LogP contribution in [-0.2, 0) is 6.42 Å². The molecule has 0 heterocycles. The van der Waals surface area contributed by atoms with Crippen molar-refractivity contribution in [1.29, 1.82) is 0 Å². The third-order valence-corrected chi connectivity index (χ3v) is 4.20. The molecule has 0 aliphatic heterocycles. The molecule has 0 aromatic heterocycles. The highest BCUT2D eigenvalue weighted by Crippen LogP contribution is 2.19. The van der Waals surface area contributed by atoms with Crippen LogP contribution < -0.4 is 5.73 Å². The van der Waals surface area contributed by atoms with Crippen LogP contribution >= 0.6 is 11.8 Å². The summed E-state index contributed by atoms with van der Waals surface area (Å²) in [6.07, 6.45) is 1.14. The number of aryl methyl sites for hydroxylation is 1. The van der Waals surface area contributed by atoms with E-state index in [0.29, 0.717) is 0 Å². The number of benzene rings is 1. The van der Waals surface area contributed by atoms with E-state index < -0.39 is 0 Å². The minimum Gasteiger partial charge on any atom is -0.399 e. The quantitative estimate of drug-likeness (QED) is 0.772. The summed E-state index contributed by atoms with van der Waals surface area (Å²) >= 11 is 2.05. The first-order chi connectivity index (χ1) is 7.09. The Hall–Kier alpha value is -0.630. The predicted octanol–water partition coefficient (Wildman–Crippen LogP) is 3.59. The van der Waals surface area contributed by atoms with Crippen molar-refractivity contribution in [2.75, 3.05) is 11.5 Å². The lowest BCUT2D eigenvalue weighted by molar-refractivity contribution is 0.642. The van der Waals surface area contributed by atoms with Gasteiger partial charge < -0.3 is 5.73 Å². The smallest absolute Gasteiger partial charge is 0.0314 e. The van der Waals surface area contributed by atoms with Crippen LogP contribution in [-0.4, -0.2) is 11.0 Å². The SMILES string of the molecule is CC(C)C(C)SCCc1ccc(N)cc1. The van der Waals surface area contributed by atoms with Crippen LogP contribution in [0.5, 0.6) is 0 Å². The van der Waals surface area contributed by atoms with Gasteiger partial charge in [-0.25, -0.2) is 0 Å². The Labute approximate surface area is 97.4 Å². The van der Waals surface area contributed by atoms with Crippen LogP contribution in [0.2, 0.25) is 0 Å². The lowest BCUT2D eigenvalue weighted by Crippen LogP contribution is -2.07. The Morgan fingerprint density at radius 2 is 1.73 bits per heavy atom. The molecule has 0 amide bonds. The maximum absolute atomic E-state index is 5.64. The van der Waals surface area contributed by atoms with Crippen molar-refractivity contribution in [3.05, 3.63) is 29.8 Å². The van der Waals surface area contributed by atoms with Gasteiger partial charge >= 0.3 is 0 Å². The Morgan fingerprint density at radius 3 is 2.27 bits per heavy atom. The molecule has 1 aromatic carbocycles. The van der Waals surface area contributed by atoms with E-state index in [1.807, 2.05) is 12.1 Å². The van der Waals surface area contributed by atoms with Crippen molar-refractivity contribution in [2.24, 2.45) is 5.92 Å². The number of nitrogens with two attached hydrogens (primary N) is 1. The van der Waals surface area contributed by atoms with Crippen molar-refractivity contribution in [3.8, 4) is 0 Å². The second kappa shape index (κ2) is 6.06. The molecule has 0 radical (unpaired) electrons. The van der Waals surface area contributed by atoms with Gasteiger partial charge in [-0.1, -0.05) is 32.9 Å². The molecule has 0 aliphatic rings. The average molecular weight is 223 g/mol. The monoisotopic (exact) mass is 223 g/mol. The van der Waals surface area contributed by atoms with Gasteiger partial charge in [0.05, 0.1) is 0 Å². The first-order valence-electron chi connectivity index (χ1n) is 5.55. The molecular weight excluding hydrogens is 202 g/mol. The largest absolute Gasteiger partial charge is 0.399 e. The molecule has 1 nitrogen and oxygen atoms in total. The Kier molecular flexibility index (Phi) is 5.03. The summed E-state index contributed by atoms with van der Waals surface area (Å²) in [6.45, 7) is 6.86. The number of rotatable bonds is 5. The summed E-state index contributed by atoms with van der Waals surface area (Å²) in [5.41, 5.74) is 7.87. The molecule has 15 heavy (non-hydrogen) atoms. The van der Waals surface area contributed by atoms with Crippen LogP contribution in [0.15, 0.2) is 24.3 Å². The summed E-state index contributed by atoms with van der Waals surface area (Å²) in [4.78, 5) is 0. The van der Waals surface area contributed by atoms with E-state index in [1.165, 1.54) is 11.3 Å². The molecular formula is C13H21NS. The molecule has 1 aromatic rings. The van der Waals surface area contributed by atoms with Crippen LogP contribution in [0, 0.1) is 5.92 Å². The molecule has 84 valence electrons. The van der Waals surface area contributed by atoms with Gasteiger partial charge in [-0.15, -0.1) is 0 Å². The maximum Gasteiger partial charge on any atom is 0.0314 e. The van der Waals surface area contributed by atoms with Crippen molar-refractivity contribution >= 4 is 17.4 Å². The molecule has 0 spiro atoms. The summed E-state index contributed by atoms with van der Waals surface area (Å²) in [5, 5.41) is 0.749. The number of anilines is 1. The van der Waals surface area contributed by atoms with E-state index in [4.69, 9.17) is 5.73 Å². The van der Waals surface area contributed by atoms with Gasteiger partial charge in [-0.05, 0) is 35.8 Å². The predicted molar refractivity (Wildman–Crippen MR) is 71.3 cm³/mol. The first-order valence-corrected chi connectivity index (χ1v) is 6.60. The number of hydrogen-bond acceptors (Lipinski definition) is 2. The molecule has 1 atom stereocenters. The van der Waals surface area contributed by atoms with Gasteiger partial charge in [0.2, 0.25) is 0 Å². The fourth-order valence-electron chi connectivity index (χ4n) is 1.24. The standard InChI is InChI=1S/C13H21NS/c1-10(2)11(3)15-9-8-12-4-6-13(14)7-5-12/h4-7,10-11H,8-9,14H2,1-3H3. The highest BCUT2D eigenvalue weighted by Gasteiger charge is 2.06. The molecule has 0 saturated heterocycles. The highest BCUT2D eigenvalue weighted by atomic mass is 32.2. The molecule has 1 unspecified atom stereocenters. The third kappa shape index (κ3) is 4.61. The molecule has 0 saturated carbocycles. The first kappa shape index (κ1) is 12.4. The minimum atomic E-state index is 0.749. The second-order valence-corrected chi connectivity index (χ2v) is 5.80. The highest BCUT2D eigenvalue weighted by molar-refractivity contribution is 7.99. The number of nitrogen functional groups attached to an aromatic ring is 1.